The van der Waals surface area contributed by atoms with Crippen LogP contribution in [0.4, 0.5) is 0 Å². The summed E-state index contributed by atoms with van der Waals surface area (Å²) in [6.45, 7) is 4.85. The molecular weight excluding hydrogens is 252 g/mol. The maximum absolute atomic E-state index is 12.5. The number of ether oxygens (including phenoxy) is 1. The standard InChI is InChI=1S/C16H28N2O2/c19-15(14-6-11-20-12-14)17-16(7-2-1-3-8-16)13-18-9-4-5-10-18/h14H,1-13H2,(H,17,19)/t14-/m0/s1. The fraction of sp³-hybridized carbons (Fsp3) is 0.938. The molecule has 0 bridgehead atoms. The molecule has 2 aliphatic heterocycles. The SMILES string of the molecule is O=C(NC1(CN2CCCC2)CCCCC1)[C@H]1CCOC1. The van der Waals surface area contributed by atoms with E-state index in [2.05, 4.69) is 10.2 Å². The van der Waals surface area contributed by atoms with Crippen molar-refractivity contribution in [2.45, 2.75) is 56.9 Å². The van der Waals surface area contributed by atoms with Gasteiger partial charge in [0.15, 0.2) is 0 Å². The minimum Gasteiger partial charge on any atom is -0.381 e. The summed E-state index contributed by atoms with van der Waals surface area (Å²) in [7, 11) is 0. The predicted octanol–water partition coefficient (Wildman–Crippen LogP) is 1.94. The second-order valence-electron chi connectivity index (χ2n) is 6.87. The first-order valence-electron chi connectivity index (χ1n) is 8.40. The number of nitrogens with zero attached hydrogens (tertiary/aromatic N) is 1. The van der Waals surface area contributed by atoms with Crippen LogP contribution in [0, 0.1) is 5.92 Å². The summed E-state index contributed by atoms with van der Waals surface area (Å²) in [6.07, 6.45) is 9.69. The van der Waals surface area contributed by atoms with Gasteiger partial charge in [-0.05, 0) is 45.2 Å². The Kier molecular flexibility index (Phi) is 4.61. The fourth-order valence-electron chi connectivity index (χ4n) is 4.02. The lowest BCUT2D eigenvalue weighted by atomic mass is 9.80. The van der Waals surface area contributed by atoms with Gasteiger partial charge in [-0.15, -0.1) is 0 Å². The van der Waals surface area contributed by atoms with Crippen LogP contribution in [0.1, 0.15) is 51.4 Å². The van der Waals surface area contributed by atoms with Gasteiger partial charge < -0.3 is 15.0 Å². The van der Waals surface area contributed by atoms with Gasteiger partial charge in [0.2, 0.25) is 5.91 Å². The Morgan fingerprint density at radius 2 is 1.90 bits per heavy atom. The monoisotopic (exact) mass is 280 g/mol. The van der Waals surface area contributed by atoms with Gasteiger partial charge in [-0.3, -0.25) is 4.79 Å². The summed E-state index contributed by atoms with van der Waals surface area (Å²) in [5.74, 6) is 0.330. The molecule has 1 N–H and O–H groups in total. The van der Waals surface area contributed by atoms with E-state index < -0.39 is 0 Å². The Bertz CT molecular complexity index is 327. The largest absolute Gasteiger partial charge is 0.381 e. The molecule has 3 aliphatic rings. The average molecular weight is 280 g/mol. The van der Waals surface area contributed by atoms with Gasteiger partial charge in [-0.2, -0.15) is 0 Å². The maximum Gasteiger partial charge on any atom is 0.226 e. The number of hydrogen-bond acceptors (Lipinski definition) is 3. The molecule has 2 saturated heterocycles. The van der Waals surface area contributed by atoms with Gasteiger partial charge in [0.05, 0.1) is 18.1 Å². The van der Waals surface area contributed by atoms with Crippen molar-refractivity contribution in [3.63, 3.8) is 0 Å². The van der Waals surface area contributed by atoms with Gasteiger partial charge in [0.1, 0.15) is 0 Å². The molecular formula is C16H28N2O2. The van der Waals surface area contributed by atoms with Crippen molar-refractivity contribution in [2.75, 3.05) is 32.8 Å². The van der Waals surface area contributed by atoms with E-state index in [4.69, 9.17) is 4.74 Å². The zero-order chi connectivity index (χ0) is 13.8. The van der Waals surface area contributed by atoms with E-state index in [1.54, 1.807) is 0 Å². The second-order valence-corrected chi connectivity index (χ2v) is 6.87. The Morgan fingerprint density at radius 1 is 1.15 bits per heavy atom. The van der Waals surface area contributed by atoms with Crippen LogP contribution in [0.2, 0.25) is 0 Å². The highest BCUT2D eigenvalue weighted by molar-refractivity contribution is 5.79. The van der Waals surface area contributed by atoms with Crippen LogP contribution in [0.5, 0.6) is 0 Å². The van der Waals surface area contributed by atoms with Crippen molar-refractivity contribution in [3.05, 3.63) is 0 Å². The minimum absolute atomic E-state index is 0.0439. The van der Waals surface area contributed by atoms with Crippen molar-refractivity contribution in [3.8, 4) is 0 Å². The molecule has 1 amide bonds. The van der Waals surface area contributed by atoms with E-state index in [9.17, 15) is 4.79 Å². The number of carbonyl (C=O) groups excluding carboxylic acids is 1. The first-order valence-corrected chi connectivity index (χ1v) is 8.40. The molecule has 0 aromatic heterocycles. The topological polar surface area (TPSA) is 41.6 Å². The van der Waals surface area contributed by atoms with Crippen LogP contribution in [0.25, 0.3) is 0 Å². The van der Waals surface area contributed by atoms with Crippen molar-refractivity contribution in [1.82, 2.24) is 10.2 Å². The van der Waals surface area contributed by atoms with Crippen LogP contribution in [-0.2, 0) is 9.53 Å². The minimum atomic E-state index is 0.0439. The molecule has 1 atom stereocenters. The van der Waals surface area contributed by atoms with E-state index in [1.807, 2.05) is 0 Å². The van der Waals surface area contributed by atoms with Crippen molar-refractivity contribution < 1.29 is 9.53 Å². The molecule has 0 aromatic rings. The Morgan fingerprint density at radius 3 is 2.55 bits per heavy atom. The zero-order valence-corrected chi connectivity index (χ0v) is 12.5. The van der Waals surface area contributed by atoms with E-state index in [-0.39, 0.29) is 17.4 Å². The zero-order valence-electron chi connectivity index (χ0n) is 12.5. The quantitative estimate of drug-likeness (QED) is 0.855. The van der Waals surface area contributed by atoms with E-state index in [0.29, 0.717) is 6.61 Å². The lowest BCUT2D eigenvalue weighted by Crippen LogP contribution is -2.57. The Balaban J connectivity index is 1.62. The number of amides is 1. The molecule has 114 valence electrons. The van der Waals surface area contributed by atoms with Crippen LogP contribution < -0.4 is 5.32 Å². The lowest BCUT2D eigenvalue weighted by molar-refractivity contribution is -0.127. The van der Waals surface area contributed by atoms with Gasteiger partial charge in [-0.1, -0.05) is 19.3 Å². The molecule has 0 spiro atoms. The Labute approximate surface area is 122 Å². The molecule has 1 saturated carbocycles. The third kappa shape index (κ3) is 3.34. The molecule has 20 heavy (non-hydrogen) atoms. The highest BCUT2D eigenvalue weighted by Crippen LogP contribution is 2.31. The van der Waals surface area contributed by atoms with Crippen LogP contribution >= 0.6 is 0 Å². The van der Waals surface area contributed by atoms with E-state index in [1.165, 1.54) is 45.2 Å². The first kappa shape index (κ1) is 14.3. The smallest absolute Gasteiger partial charge is 0.226 e. The van der Waals surface area contributed by atoms with E-state index >= 15 is 0 Å². The summed E-state index contributed by atoms with van der Waals surface area (Å²) in [6, 6.07) is 0. The van der Waals surface area contributed by atoms with Crippen molar-refractivity contribution in [1.29, 1.82) is 0 Å². The number of nitrogens with one attached hydrogen (secondary N) is 1. The number of carbonyl (C=O) groups is 1. The number of hydrogen-bond donors (Lipinski definition) is 1. The average Bonchev–Trinajstić information content (AvgIpc) is 3.12. The van der Waals surface area contributed by atoms with Crippen molar-refractivity contribution in [2.24, 2.45) is 5.92 Å². The lowest BCUT2D eigenvalue weighted by Gasteiger charge is -2.41. The summed E-state index contributed by atoms with van der Waals surface area (Å²) >= 11 is 0. The first-order chi connectivity index (χ1) is 9.77. The molecule has 0 radical (unpaired) electrons. The van der Waals surface area contributed by atoms with Crippen LogP contribution in [-0.4, -0.2) is 49.2 Å². The predicted molar refractivity (Wildman–Crippen MR) is 78.6 cm³/mol. The maximum atomic E-state index is 12.5. The highest BCUT2D eigenvalue weighted by Gasteiger charge is 2.38. The van der Waals surface area contributed by atoms with Gasteiger partial charge in [0.25, 0.3) is 0 Å². The number of rotatable bonds is 4. The summed E-state index contributed by atoms with van der Waals surface area (Å²) in [5.41, 5.74) is 0.0439. The van der Waals surface area contributed by atoms with Crippen LogP contribution in [0.3, 0.4) is 0 Å². The molecule has 1 aliphatic carbocycles. The van der Waals surface area contributed by atoms with Gasteiger partial charge in [0, 0.05) is 13.2 Å². The molecule has 0 aromatic carbocycles. The summed E-state index contributed by atoms with van der Waals surface area (Å²) in [5, 5.41) is 3.44. The fourth-order valence-corrected chi connectivity index (χ4v) is 4.02. The molecule has 2 heterocycles. The van der Waals surface area contributed by atoms with E-state index in [0.717, 1.165) is 32.4 Å². The molecule has 3 rings (SSSR count). The normalized spacial score (nSPS) is 30.5. The summed E-state index contributed by atoms with van der Waals surface area (Å²) < 4.78 is 5.36. The highest BCUT2D eigenvalue weighted by atomic mass is 16.5. The molecule has 0 unspecified atom stereocenters. The summed E-state index contributed by atoms with van der Waals surface area (Å²) in [4.78, 5) is 15.0. The molecule has 3 fully saturated rings. The van der Waals surface area contributed by atoms with Gasteiger partial charge in [-0.25, -0.2) is 0 Å². The second kappa shape index (κ2) is 6.44. The number of likely N-dealkylation sites (tertiary alicyclic amines) is 1. The van der Waals surface area contributed by atoms with Crippen LogP contribution in [0.15, 0.2) is 0 Å². The molecule has 4 heteroatoms. The molecule has 4 nitrogen and oxygen atoms in total. The third-order valence-electron chi connectivity index (χ3n) is 5.22. The van der Waals surface area contributed by atoms with Gasteiger partial charge >= 0.3 is 0 Å². The third-order valence-corrected chi connectivity index (χ3v) is 5.22. The van der Waals surface area contributed by atoms with Crippen molar-refractivity contribution >= 4 is 5.91 Å². The Hall–Kier alpha value is -0.610.